The molecule has 2 rings (SSSR count). The summed E-state index contributed by atoms with van der Waals surface area (Å²) >= 11 is 6.09. The van der Waals surface area contributed by atoms with Crippen LogP contribution in [0.4, 0.5) is 13.2 Å². The Balaban J connectivity index is 2.31. The zero-order chi connectivity index (χ0) is 22.4. The number of rotatable bonds is 9. The van der Waals surface area contributed by atoms with Gasteiger partial charge in [0.15, 0.2) is 0 Å². The van der Waals surface area contributed by atoms with Crippen LogP contribution in [0, 0.1) is 0 Å². The highest BCUT2D eigenvalue weighted by atomic mass is 35.5. The number of nitrogens with one attached hydrogen (secondary N) is 1. The molecule has 0 aliphatic carbocycles. The molecule has 0 spiro atoms. The summed E-state index contributed by atoms with van der Waals surface area (Å²) in [7, 11) is -4.22. The molecule has 1 N–H and O–H groups in total. The van der Waals surface area contributed by atoms with E-state index in [1.165, 1.54) is 24.3 Å². The fraction of sp³-hybridized carbons (Fsp3) is 0.316. The predicted octanol–water partition coefficient (Wildman–Crippen LogP) is 3.61. The molecule has 2 aromatic carbocycles. The fourth-order valence-electron chi connectivity index (χ4n) is 2.48. The number of hydrogen-bond acceptors (Lipinski definition) is 4. The molecule has 6 nitrogen and oxygen atoms in total. The number of nitrogens with zero attached hydrogens (tertiary/aromatic N) is 1. The van der Waals surface area contributed by atoms with Gasteiger partial charge in [0.1, 0.15) is 12.3 Å². The quantitative estimate of drug-likeness (QED) is 0.615. The smallest absolute Gasteiger partial charge is 0.405 e. The molecule has 0 unspecified atom stereocenters. The normalized spacial score (nSPS) is 12.1. The van der Waals surface area contributed by atoms with Crippen molar-refractivity contribution in [3.05, 3.63) is 59.1 Å². The maximum absolute atomic E-state index is 13.1. The Bertz CT molecular complexity index is 966. The summed E-state index contributed by atoms with van der Waals surface area (Å²) in [6.07, 6.45) is -4.61. The van der Waals surface area contributed by atoms with Crippen molar-refractivity contribution < 1.29 is 31.1 Å². The molecule has 0 aromatic heterocycles. The molecule has 0 saturated heterocycles. The van der Waals surface area contributed by atoms with Gasteiger partial charge in [-0.2, -0.15) is 17.5 Å². The van der Waals surface area contributed by atoms with Gasteiger partial charge in [0.25, 0.3) is 0 Å². The van der Waals surface area contributed by atoms with E-state index in [4.69, 9.17) is 16.3 Å². The van der Waals surface area contributed by atoms with Crippen LogP contribution in [-0.4, -0.2) is 44.5 Å². The Morgan fingerprint density at radius 2 is 1.77 bits per heavy atom. The van der Waals surface area contributed by atoms with Gasteiger partial charge in [0.2, 0.25) is 15.9 Å². The highest BCUT2D eigenvalue weighted by molar-refractivity contribution is 7.89. The monoisotopic (exact) mass is 464 g/mol. The summed E-state index contributed by atoms with van der Waals surface area (Å²) in [5, 5.41) is 1.94. The lowest BCUT2D eigenvalue weighted by Crippen LogP contribution is -2.43. The molecule has 164 valence electrons. The van der Waals surface area contributed by atoms with Crippen molar-refractivity contribution in [1.29, 1.82) is 0 Å². The third-order valence-electron chi connectivity index (χ3n) is 3.88. The van der Waals surface area contributed by atoms with Crippen molar-refractivity contribution in [2.45, 2.75) is 24.5 Å². The molecule has 0 aliphatic heterocycles. The first-order chi connectivity index (χ1) is 14.0. The number of ether oxygens (including phenoxy) is 1. The van der Waals surface area contributed by atoms with Crippen LogP contribution in [0.2, 0.25) is 5.02 Å². The summed E-state index contributed by atoms with van der Waals surface area (Å²) in [5.74, 6) is -0.633. The molecule has 1 amide bonds. The molecule has 0 saturated carbocycles. The van der Waals surface area contributed by atoms with Crippen LogP contribution in [0.25, 0.3) is 0 Å². The Morgan fingerprint density at radius 1 is 1.13 bits per heavy atom. The zero-order valence-corrected chi connectivity index (χ0v) is 17.5. The molecule has 30 heavy (non-hydrogen) atoms. The van der Waals surface area contributed by atoms with Gasteiger partial charge >= 0.3 is 6.18 Å². The Morgan fingerprint density at radius 3 is 2.33 bits per heavy atom. The molecule has 0 aliphatic rings. The van der Waals surface area contributed by atoms with E-state index in [9.17, 15) is 26.4 Å². The second-order valence-corrected chi connectivity index (χ2v) is 8.51. The van der Waals surface area contributed by atoms with Gasteiger partial charge in [-0.15, -0.1) is 0 Å². The molecule has 0 atom stereocenters. The van der Waals surface area contributed by atoms with E-state index in [-0.39, 0.29) is 16.5 Å². The third kappa shape index (κ3) is 6.89. The van der Waals surface area contributed by atoms with Crippen molar-refractivity contribution in [3.63, 3.8) is 0 Å². The highest BCUT2D eigenvalue weighted by Crippen LogP contribution is 2.24. The number of benzene rings is 2. The standard InChI is InChI=1S/C19H20ClF3N2O4S/c1-2-29-15-7-9-16(10-8-15)30(27,28)25(11-14-5-3-4-6-17(14)20)12-18(26)24-13-19(21,22)23/h3-10H,2,11-13H2,1H3,(H,24,26). The van der Waals surface area contributed by atoms with Crippen LogP contribution in [0.5, 0.6) is 5.75 Å². The van der Waals surface area contributed by atoms with Crippen LogP contribution in [0.1, 0.15) is 12.5 Å². The largest absolute Gasteiger partial charge is 0.494 e. The molecule has 0 fully saturated rings. The predicted molar refractivity (Wildman–Crippen MR) is 106 cm³/mol. The van der Waals surface area contributed by atoms with Crippen molar-refractivity contribution in [1.82, 2.24) is 9.62 Å². The zero-order valence-electron chi connectivity index (χ0n) is 15.9. The third-order valence-corrected chi connectivity index (χ3v) is 6.06. The fourth-order valence-corrected chi connectivity index (χ4v) is 4.05. The van der Waals surface area contributed by atoms with Crippen molar-refractivity contribution in [2.75, 3.05) is 19.7 Å². The number of amides is 1. The van der Waals surface area contributed by atoms with E-state index in [2.05, 4.69) is 0 Å². The highest BCUT2D eigenvalue weighted by Gasteiger charge is 2.31. The number of hydrogen-bond donors (Lipinski definition) is 1. The average molecular weight is 465 g/mol. The maximum atomic E-state index is 13.1. The minimum absolute atomic E-state index is 0.137. The van der Waals surface area contributed by atoms with Crippen LogP contribution >= 0.6 is 11.6 Å². The van der Waals surface area contributed by atoms with Crippen molar-refractivity contribution in [3.8, 4) is 5.75 Å². The van der Waals surface area contributed by atoms with Gasteiger partial charge < -0.3 is 10.1 Å². The second-order valence-electron chi connectivity index (χ2n) is 6.16. The lowest BCUT2D eigenvalue weighted by molar-refractivity contribution is -0.138. The summed E-state index contributed by atoms with van der Waals surface area (Å²) < 4.78 is 69.4. The van der Waals surface area contributed by atoms with E-state index in [1.54, 1.807) is 36.5 Å². The summed E-state index contributed by atoms with van der Waals surface area (Å²) in [5.41, 5.74) is 0.400. The number of carbonyl (C=O) groups excluding carboxylic acids is 1. The Kier molecular flexibility index (Phi) is 8.10. The summed E-state index contributed by atoms with van der Waals surface area (Å²) in [4.78, 5) is 11.9. The van der Waals surface area contributed by atoms with E-state index in [0.29, 0.717) is 17.9 Å². The molecule has 2 aromatic rings. The number of carbonyl (C=O) groups is 1. The summed E-state index contributed by atoms with van der Waals surface area (Å²) in [6, 6.07) is 11.9. The van der Waals surface area contributed by atoms with Crippen LogP contribution in [0.15, 0.2) is 53.4 Å². The van der Waals surface area contributed by atoms with Gasteiger partial charge in [-0.05, 0) is 42.8 Å². The lowest BCUT2D eigenvalue weighted by atomic mass is 10.2. The SMILES string of the molecule is CCOc1ccc(S(=O)(=O)N(CC(=O)NCC(F)(F)F)Cc2ccccc2Cl)cc1. The van der Waals surface area contributed by atoms with Gasteiger partial charge in [0.05, 0.1) is 18.0 Å². The van der Waals surface area contributed by atoms with Crippen molar-refractivity contribution in [2.24, 2.45) is 0 Å². The van der Waals surface area contributed by atoms with Gasteiger partial charge in [0, 0.05) is 11.6 Å². The van der Waals surface area contributed by atoms with E-state index < -0.39 is 35.2 Å². The molecule has 0 radical (unpaired) electrons. The molecular weight excluding hydrogens is 445 g/mol. The number of sulfonamides is 1. The van der Waals surface area contributed by atoms with Gasteiger partial charge in [-0.3, -0.25) is 4.79 Å². The van der Waals surface area contributed by atoms with Crippen LogP contribution < -0.4 is 10.1 Å². The lowest BCUT2D eigenvalue weighted by Gasteiger charge is -2.23. The second kappa shape index (κ2) is 10.1. The topological polar surface area (TPSA) is 75.7 Å². The van der Waals surface area contributed by atoms with E-state index >= 15 is 0 Å². The minimum Gasteiger partial charge on any atom is -0.494 e. The number of alkyl halides is 3. The van der Waals surface area contributed by atoms with Crippen LogP contribution in [-0.2, 0) is 21.4 Å². The van der Waals surface area contributed by atoms with Crippen molar-refractivity contribution >= 4 is 27.5 Å². The maximum Gasteiger partial charge on any atom is 0.405 e. The van der Waals surface area contributed by atoms with E-state index in [0.717, 1.165) is 4.31 Å². The molecule has 11 heteroatoms. The average Bonchev–Trinajstić information content (AvgIpc) is 2.67. The summed E-state index contributed by atoms with van der Waals surface area (Å²) in [6.45, 7) is -0.500. The van der Waals surface area contributed by atoms with E-state index in [1.807, 2.05) is 0 Å². The molecule has 0 bridgehead atoms. The van der Waals surface area contributed by atoms with Gasteiger partial charge in [-0.25, -0.2) is 8.42 Å². The van der Waals surface area contributed by atoms with Gasteiger partial charge in [-0.1, -0.05) is 29.8 Å². The first-order valence-electron chi connectivity index (χ1n) is 8.83. The molecule has 0 heterocycles. The van der Waals surface area contributed by atoms with Crippen LogP contribution in [0.3, 0.4) is 0 Å². The first kappa shape index (κ1) is 24.0. The Labute approximate surface area is 177 Å². The minimum atomic E-state index is -4.61. The number of halogens is 4. The molecular formula is C19H20ClF3N2O4S. The first-order valence-corrected chi connectivity index (χ1v) is 10.6. The Hall–Kier alpha value is -2.30.